The molecule has 3 aromatic rings. The molecule has 1 heterocycles. The van der Waals surface area contributed by atoms with Crippen molar-refractivity contribution in [3.8, 4) is 11.1 Å². The number of nitrogens with one attached hydrogen (secondary N) is 2. The molecular formula is C24H22N2O3S2. The van der Waals surface area contributed by atoms with Crippen molar-refractivity contribution >= 4 is 45.5 Å². The molecule has 0 saturated carbocycles. The van der Waals surface area contributed by atoms with E-state index in [2.05, 4.69) is 10.6 Å². The van der Waals surface area contributed by atoms with E-state index in [1.165, 1.54) is 23.3 Å². The average Bonchev–Trinajstić information content (AvgIpc) is 3.16. The number of ether oxygens (including phenoxy) is 1. The summed E-state index contributed by atoms with van der Waals surface area (Å²) in [7, 11) is 1.37. The second kappa shape index (κ2) is 9.41. The summed E-state index contributed by atoms with van der Waals surface area (Å²) in [6.45, 7) is 0. The van der Waals surface area contributed by atoms with Crippen LogP contribution in [-0.4, -0.2) is 24.1 Å². The minimum atomic E-state index is -0.382. The lowest BCUT2D eigenvalue weighted by molar-refractivity contribution is 0.0601. The van der Waals surface area contributed by atoms with Gasteiger partial charge in [-0.25, -0.2) is 4.79 Å². The maximum absolute atomic E-state index is 12.6. The third kappa shape index (κ3) is 4.68. The highest BCUT2D eigenvalue weighted by Gasteiger charge is 2.26. The van der Waals surface area contributed by atoms with Gasteiger partial charge >= 0.3 is 5.97 Å². The van der Waals surface area contributed by atoms with E-state index in [9.17, 15) is 9.59 Å². The Morgan fingerprint density at radius 1 is 0.968 bits per heavy atom. The monoisotopic (exact) mass is 450 g/mol. The van der Waals surface area contributed by atoms with Crippen molar-refractivity contribution in [3.63, 3.8) is 0 Å². The van der Waals surface area contributed by atoms with Crippen molar-refractivity contribution in [1.29, 1.82) is 0 Å². The van der Waals surface area contributed by atoms with Gasteiger partial charge < -0.3 is 10.1 Å². The second-order valence-corrected chi connectivity index (χ2v) is 8.77. The third-order valence-electron chi connectivity index (χ3n) is 5.27. The molecule has 0 radical (unpaired) electrons. The Kier molecular flexibility index (Phi) is 6.44. The van der Waals surface area contributed by atoms with Crippen LogP contribution < -0.4 is 10.6 Å². The summed E-state index contributed by atoms with van der Waals surface area (Å²) >= 11 is 6.85. The minimum Gasteiger partial charge on any atom is -0.465 e. The maximum atomic E-state index is 12.6. The summed E-state index contributed by atoms with van der Waals surface area (Å²) in [4.78, 5) is 26.2. The smallest absolute Gasteiger partial charge is 0.341 e. The number of hydrogen-bond donors (Lipinski definition) is 2. The molecule has 0 unspecified atom stereocenters. The molecule has 158 valence electrons. The summed E-state index contributed by atoms with van der Waals surface area (Å²) in [5.74, 6) is -0.689. The fourth-order valence-corrected chi connectivity index (χ4v) is 5.27. The molecule has 1 aliphatic carbocycles. The molecule has 31 heavy (non-hydrogen) atoms. The minimum absolute atomic E-state index is 0.154. The molecule has 0 spiro atoms. The fourth-order valence-electron chi connectivity index (χ4n) is 3.73. The third-order valence-corrected chi connectivity index (χ3v) is 6.68. The highest BCUT2D eigenvalue weighted by Crippen LogP contribution is 2.38. The van der Waals surface area contributed by atoms with E-state index in [0.717, 1.165) is 42.4 Å². The van der Waals surface area contributed by atoms with Crippen molar-refractivity contribution in [3.05, 3.63) is 76.2 Å². The van der Waals surface area contributed by atoms with Crippen LogP contribution in [0.15, 0.2) is 54.6 Å². The summed E-state index contributed by atoms with van der Waals surface area (Å²) in [6.07, 6.45) is 3.95. The fraction of sp³-hybridized carbons (Fsp3) is 0.208. The first-order valence-corrected chi connectivity index (χ1v) is 11.3. The molecule has 0 aliphatic heterocycles. The predicted octanol–water partition coefficient (Wildman–Crippen LogP) is 5.21. The SMILES string of the molecule is COC(=O)c1c(NC(=S)NC(=O)c2ccc(-c3ccccc3)cc2)sc2c1CCCC2. The molecule has 0 atom stereocenters. The number of hydrogen-bond acceptors (Lipinski definition) is 5. The number of benzene rings is 2. The number of rotatable bonds is 4. The number of thiophene rings is 1. The van der Waals surface area contributed by atoms with Crippen molar-refractivity contribution in [1.82, 2.24) is 5.32 Å². The Hall–Kier alpha value is -3.03. The van der Waals surface area contributed by atoms with Gasteiger partial charge in [-0.3, -0.25) is 10.1 Å². The predicted molar refractivity (Wildman–Crippen MR) is 128 cm³/mol. The van der Waals surface area contributed by atoms with Crippen molar-refractivity contribution in [2.75, 3.05) is 12.4 Å². The van der Waals surface area contributed by atoms with E-state index in [-0.39, 0.29) is 17.0 Å². The molecule has 4 rings (SSSR count). The molecule has 1 amide bonds. The van der Waals surface area contributed by atoms with Gasteiger partial charge in [0.05, 0.1) is 12.7 Å². The Bertz CT molecular complexity index is 1120. The Morgan fingerprint density at radius 2 is 1.65 bits per heavy atom. The molecule has 1 aromatic heterocycles. The van der Waals surface area contributed by atoms with Gasteiger partial charge in [0.2, 0.25) is 0 Å². The Labute approximate surface area is 190 Å². The van der Waals surface area contributed by atoms with E-state index in [4.69, 9.17) is 17.0 Å². The number of carbonyl (C=O) groups is 2. The van der Waals surface area contributed by atoms with Gasteiger partial charge in [-0.05, 0) is 66.7 Å². The lowest BCUT2D eigenvalue weighted by atomic mass is 9.95. The number of anilines is 1. The zero-order valence-electron chi connectivity index (χ0n) is 17.1. The number of amides is 1. The number of fused-ring (bicyclic) bond motifs is 1. The largest absolute Gasteiger partial charge is 0.465 e. The van der Waals surface area contributed by atoms with Crippen LogP contribution in [0.5, 0.6) is 0 Å². The lowest BCUT2D eigenvalue weighted by Crippen LogP contribution is -2.34. The molecule has 5 nitrogen and oxygen atoms in total. The summed E-state index contributed by atoms with van der Waals surface area (Å²) in [5.41, 5.74) is 4.19. The summed E-state index contributed by atoms with van der Waals surface area (Å²) in [5, 5.41) is 6.52. The van der Waals surface area contributed by atoms with Crippen LogP contribution >= 0.6 is 23.6 Å². The summed E-state index contributed by atoms with van der Waals surface area (Å²) < 4.78 is 4.98. The van der Waals surface area contributed by atoms with E-state index in [1.807, 2.05) is 42.5 Å². The molecule has 0 saturated heterocycles. The molecule has 1 aliphatic rings. The summed E-state index contributed by atoms with van der Waals surface area (Å²) in [6, 6.07) is 17.3. The van der Waals surface area contributed by atoms with Crippen LogP contribution in [-0.2, 0) is 17.6 Å². The Balaban J connectivity index is 1.46. The zero-order chi connectivity index (χ0) is 21.8. The van der Waals surface area contributed by atoms with Gasteiger partial charge in [-0.2, -0.15) is 0 Å². The number of carbonyl (C=O) groups excluding carboxylic acids is 2. The van der Waals surface area contributed by atoms with Crippen molar-refractivity contribution < 1.29 is 14.3 Å². The number of methoxy groups -OCH3 is 1. The van der Waals surface area contributed by atoms with Gasteiger partial charge in [-0.1, -0.05) is 42.5 Å². The lowest BCUT2D eigenvalue weighted by Gasteiger charge is -2.12. The van der Waals surface area contributed by atoms with Crippen LogP contribution in [0.3, 0.4) is 0 Å². The highest BCUT2D eigenvalue weighted by molar-refractivity contribution is 7.80. The van der Waals surface area contributed by atoms with Gasteiger partial charge in [-0.15, -0.1) is 11.3 Å². The number of aryl methyl sites for hydroxylation is 1. The van der Waals surface area contributed by atoms with E-state index in [1.54, 1.807) is 12.1 Å². The van der Waals surface area contributed by atoms with Crippen molar-refractivity contribution in [2.24, 2.45) is 0 Å². The van der Waals surface area contributed by atoms with Crippen molar-refractivity contribution in [2.45, 2.75) is 25.7 Å². The second-order valence-electron chi connectivity index (χ2n) is 7.26. The van der Waals surface area contributed by atoms with Crippen LogP contribution in [0.2, 0.25) is 0 Å². The Morgan fingerprint density at radius 3 is 2.35 bits per heavy atom. The van der Waals surface area contributed by atoms with E-state index in [0.29, 0.717) is 16.1 Å². The quantitative estimate of drug-likeness (QED) is 0.422. The van der Waals surface area contributed by atoms with E-state index < -0.39 is 0 Å². The number of esters is 1. The first-order chi connectivity index (χ1) is 15.1. The molecule has 7 heteroatoms. The number of thiocarbonyl (C=S) groups is 1. The standard InChI is InChI=1S/C24H22N2O3S2/c1-29-23(28)20-18-9-5-6-10-19(18)31-22(20)26-24(30)25-21(27)17-13-11-16(12-14-17)15-7-3-2-4-8-15/h2-4,7-8,11-14H,5-6,9-10H2,1H3,(H2,25,26,27,30). The van der Waals surface area contributed by atoms with E-state index >= 15 is 0 Å². The van der Waals surface area contributed by atoms with Gasteiger partial charge in [0.25, 0.3) is 5.91 Å². The molecule has 0 bridgehead atoms. The van der Waals surface area contributed by atoms with Crippen LogP contribution in [0.1, 0.15) is 44.0 Å². The molecule has 0 fully saturated rings. The zero-order valence-corrected chi connectivity index (χ0v) is 18.7. The van der Waals surface area contributed by atoms with Gasteiger partial charge in [0, 0.05) is 10.4 Å². The van der Waals surface area contributed by atoms with Crippen LogP contribution in [0.25, 0.3) is 11.1 Å². The van der Waals surface area contributed by atoms with Gasteiger partial charge in [0.15, 0.2) is 5.11 Å². The first kappa shape index (κ1) is 21.2. The van der Waals surface area contributed by atoms with Crippen LogP contribution in [0, 0.1) is 0 Å². The molecular weight excluding hydrogens is 428 g/mol. The van der Waals surface area contributed by atoms with Crippen LogP contribution in [0.4, 0.5) is 5.00 Å². The highest BCUT2D eigenvalue weighted by atomic mass is 32.1. The normalized spacial score (nSPS) is 12.5. The molecule has 2 N–H and O–H groups in total. The first-order valence-electron chi connectivity index (χ1n) is 10.1. The average molecular weight is 451 g/mol. The molecule has 2 aromatic carbocycles. The topological polar surface area (TPSA) is 67.4 Å². The van der Waals surface area contributed by atoms with Gasteiger partial charge in [0.1, 0.15) is 5.00 Å². The maximum Gasteiger partial charge on any atom is 0.341 e.